The molecule has 29 heavy (non-hydrogen) atoms. The molecule has 6 nitrogen and oxygen atoms in total. The summed E-state index contributed by atoms with van der Waals surface area (Å²) in [5.74, 6) is -0.249. The molecule has 0 saturated heterocycles. The van der Waals surface area contributed by atoms with Crippen molar-refractivity contribution < 1.29 is 9.59 Å². The van der Waals surface area contributed by atoms with Gasteiger partial charge in [0.25, 0.3) is 0 Å². The number of hydrogen-bond acceptors (Lipinski definition) is 4. The summed E-state index contributed by atoms with van der Waals surface area (Å²) < 4.78 is 0. The van der Waals surface area contributed by atoms with E-state index in [2.05, 4.69) is 21.1 Å². The molecular formula is C23H28N4O2. The van der Waals surface area contributed by atoms with E-state index in [1.807, 2.05) is 62.4 Å². The second kappa shape index (κ2) is 12.2. The molecule has 2 aromatic carbocycles. The quantitative estimate of drug-likeness (QED) is 0.366. The van der Waals surface area contributed by atoms with Gasteiger partial charge in [0.1, 0.15) is 0 Å². The van der Waals surface area contributed by atoms with Crippen molar-refractivity contribution in [2.45, 2.75) is 46.0 Å². The zero-order valence-corrected chi connectivity index (χ0v) is 17.0. The first-order valence-electron chi connectivity index (χ1n) is 9.80. The van der Waals surface area contributed by atoms with E-state index in [-0.39, 0.29) is 11.8 Å². The van der Waals surface area contributed by atoms with Gasteiger partial charge in [-0.1, -0.05) is 66.1 Å². The van der Waals surface area contributed by atoms with Gasteiger partial charge in [0.05, 0.1) is 12.4 Å². The molecule has 0 fully saturated rings. The first-order chi connectivity index (χ1) is 14.0. The second-order valence-corrected chi connectivity index (χ2v) is 6.97. The summed E-state index contributed by atoms with van der Waals surface area (Å²) >= 11 is 0. The van der Waals surface area contributed by atoms with Gasteiger partial charge >= 0.3 is 0 Å². The SMILES string of the molecule is Cc1ccc(/C=N/NC(=O)CCCCCC(=O)N/N=C/c2ccc(C)cc2)cc1. The predicted molar refractivity (Wildman–Crippen MR) is 117 cm³/mol. The molecule has 0 heterocycles. The summed E-state index contributed by atoms with van der Waals surface area (Å²) in [7, 11) is 0. The lowest BCUT2D eigenvalue weighted by molar-refractivity contribution is -0.121. The zero-order valence-electron chi connectivity index (χ0n) is 17.0. The lowest BCUT2D eigenvalue weighted by atomic mass is 10.1. The molecule has 0 radical (unpaired) electrons. The number of hydrazone groups is 2. The maximum atomic E-state index is 11.8. The van der Waals surface area contributed by atoms with Gasteiger partial charge in [-0.05, 0) is 37.8 Å². The summed E-state index contributed by atoms with van der Waals surface area (Å²) in [5, 5.41) is 7.91. The highest BCUT2D eigenvalue weighted by molar-refractivity contribution is 5.83. The molecule has 0 bridgehead atoms. The van der Waals surface area contributed by atoms with Crippen LogP contribution >= 0.6 is 0 Å². The Morgan fingerprint density at radius 3 is 1.45 bits per heavy atom. The number of carbonyl (C=O) groups excluding carboxylic acids is 2. The Bertz CT molecular complexity index is 769. The highest BCUT2D eigenvalue weighted by Crippen LogP contribution is 2.04. The van der Waals surface area contributed by atoms with E-state index in [0.29, 0.717) is 25.7 Å². The minimum atomic E-state index is -0.125. The Hall–Kier alpha value is -3.28. The van der Waals surface area contributed by atoms with Gasteiger partial charge in [-0.3, -0.25) is 9.59 Å². The molecule has 0 atom stereocenters. The molecule has 0 aliphatic heterocycles. The molecule has 2 N–H and O–H groups in total. The Morgan fingerprint density at radius 1 is 0.690 bits per heavy atom. The average Bonchev–Trinajstić information content (AvgIpc) is 2.71. The molecule has 0 spiro atoms. The third kappa shape index (κ3) is 9.46. The minimum Gasteiger partial charge on any atom is -0.273 e. The van der Waals surface area contributed by atoms with Gasteiger partial charge in [-0.25, -0.2) is 10.9 Å². The summed E-state index contributed by atoms with van der Waals surface area (Å²) in [6, 6.07) is 15.8. The van der Waals surface area contributed by atoms with Crippen molar-refractivity contribution in [1.82, 2.24) is 10.9 Å². The van der Waals surface area contributed by atoms with Crippen molar-refractivity contribution in [2.24, 2.45) is 10.2 Å². The van der Waals surface area contributed by atoms with Crippen LogP contribution in [0, 0.1) is 13.8 Å². The van der Waals surface area contributed by atoms with Crippen LogP contribution in [0.15, 0.2) is 58.7 Å². The molecule has 152 valence electrons. The van der Waals surface area contributed by atoms with Crippen LogP contribution in [0.4, 0.5) is 0 Å². The number of carbonyl (C=O) groups is 2. The number of benzene rings is 2. The van der Waals surface area contributed by atoms with Gasteiger partial charge in [-0.2, -0.15) is 10.2 Å². The van der Waals surface area contributed by atoms with Crippen molar-refractivity contribution >= 4 is 24.2 Å². The van der Waals surface area contributed by atoms with Crippen molar-refractivity contribution in [3.8, 4) is 0 Å². The second-order valence-electron chi connectivity index (χ2n) is 6.97. The number of hydrogen-bond donors (Lipinski definition) is 2. The summed E-state index contributed by atoms with van der Waals surface area (Å²) in [6.07, 6.45) is 6.25. The van der Waals surface area contributed by atoms with Gasteiger partial charge in [0.15, 0.2) is 0 Å². The summed E-state index contributed by atoms with van der Waals surface area (Å²) in [6.45, 7) is 4.04. The predicted octanol–water partition coefficient (Wildman–Crippen LogP) is 3.85. The number of amides is 2. The molecule has 2 aromatic rings. The van der Waals surface area contributed by atoms with E-state index in [9.17, 15) is 9.59 Å². The van der Waals surface area contributed by atoms with Gasteiger partial charge < -0.3 is 0 Å². The van der Waals surface area contributed by atoms with E-state index in [0.717, 1.165) is 17.5 Å². The Morgan fingerprint density at radius 2 is 1.07 bits per heavy atom. The highest BCUT2D eigenvalue weighted by atomic mass is 16.2. The highest BCUT2D eigenvalue weighted by Gasteiger charge is 2.02. The first kappa shape index (κ1) is 22.0. The molecule has 0 aliphatic carbocycles. The third-order valence-electron chi connectivity index (χ3n) is 4.27. The molecule has 0 aromatic heterocycles. The smallest absolute Gasteiger partial charge is 0.240 e. The fraction of sp³-hybridized carbons (Fsp3) is 0.304. The van der Waals surface area contributed by atoms with E-state index in [1.165, 1.54) is 11.1 Å². The first-order valence-corrected chi connectivity index (χ1v) is 9.80. The molecule has 2 rings (SSSR count). The standard InChI is InChI=1S/C23H28N4O2/c1-18-8-12-20(13-9-18)16-24-26-22(28)6-4-3-5-7-23(29)27-25-17-21-14-10-19(2)11-15-21/h8-17H,3-7H2,1-2H3,(H,26,28)(H,27,29)/b24-16+,25-17+. The Labute approximate surface area is 172 Å². The Kier molecular flexibility index (Phi) is 9.29. The number of unbranched alkanes of at least 4 members (excludes halogenated alkanes) is 2. The normalized spacial score (nSPS) is 11.1. The van der Waals surface area contributed by atoms with Crippen LogP contribution < -0.4 is 10.9 Å². The minimum absolute atomic E-state index is 0.125. The number of nitrogens with one attached hydrogen (secondary N) is 2. The topological polar surface area (TPSA) is 82.9 Å². The van der Waals surface area contributed by atoms with Crippen LogP contribution in [0.2, 0.25) is 0 Å². The molecule has 2 amide bonds. The molecular weight excluding hydrogens is 364 g/mol. The van der Waals surface area contributed by atoms with Crippen LogP contribution in [0.1, 0.15) is 54.4 Å². The molecule has 0 saturated carbocycles. The zero-order chi connectivity index (χ0) is 20.9. The van der Waals surface area contributed by atoms with Gasteiger partial charge in [0.2, 0.25) is 11.8 Å². The van der Waals surface area contributed by atoms with E-state index < -0.39 is 0 Å². The monoisotopic (exact) mass is 392 g/mol. The van der Waals surface area contributed by atoms with E-state index in [1.54, 1.807) is 12.4 Å². The van der Waals surface area contributed by atoms with Crippen molar-refractivity contribution in [3.05, 3.63) is 70.8 Å². The van der Waals surface area contributed by atoms with Crippen LogP contribution in [0.3, 0.4) is 0 Å². The van der Waals surface area contributed by atoms with Crippen molar-refractivity contribution in [1.29, 1.82) is 0 Å². The van der Waals surface area contributed by atoms with Crippen LogP contribution in [-0.4, -0.2) is 24.2 Å². The lowest BCUT2D eigenvalue weighted by Crippen LogP contribution is -2.18. The summed E-state index contributed by atoms with van der Waals surface area (Å²) in [5.41, 5.74) is 9.28. The van der Waals surface area contributed by atoms with Gasteiger partial charge in [-0.15, -0.1) is 0 Å². The van der Waals surface area contributed by atoms with E-state index in [4.69, 9.17) is 0 Å². The largest absolute Gasteiger partial charge is 0.273 e. The van der Waals surface area contributed by atoms with Crippen LogP contribution in [0.5, 0.6) is 0 Å². The lowest BCUT2D eigenvalue weighted by Gasteiger charge is -2.01. The fourth-order valence-electron chi connectivity index (χ4n) is 2.52. The maximum Gasteiger partial charge on any atom is 0.240 e. The number of aryl methyl sites for hydroxylation is 2. The average molecular weight is 393 g/mol. The van der Waals surface area contributed by atoms with Crippen molar-refractivity contribution in [2.75, 3.05) is 0 Å². The molecule has 0 aliphatic rings. The summed E-state index contributed by atoms with van der Waals surface area (Å²) in [4.78, 5) is 23.5. The maximum absolute atomic E-state index is 11.8. The fourth-order valence-corrected chi connectivity index (χ4v) is 2.52. The molecule has 0 unspecified atom stereocenters. The third-order valence-corrected chi connectivity index (χ3v) is 4.27. The number of rotatable bonds is 10. The Balaban J connectivity index is 1.53. The number of nitrogens with zero attached hydrogens (tertiary/aromatic N) is 2. The van der Waals surface area contributed by atoms with Crippen molar-refractivity contribution in [3.63, 3.8) is 0 Å². The van der Waals surface area contributed by atoms with E-state index >= 15 is 0 Å². The van der Waals surface area contributed by atoms with Crippen LogP contribution in [-0.2, 0) is 9.59 Å². The molecule has 6 heteroatoms. The van der Waals surface area contributed by atoms with Crippen LogP contribution in [0.25, 0.3) is 0 Å². The van der Waals surface area contributed by atoms with Gasteiger partial charge in [0, 0.05) is 12.8 Å².